The molecule has 3 rings (SSSR count). The van der Waals surface area contributed by atoms with E-state index in [2.05, 4.69) is 5.32 Å². The molecule has 0 spiro atoms. The summed E-state index contributed by atoms with van der Waals surface area (Å²) < 4.78 is 18.9. The SMILES string of the molecule is O=C(O)[C@H]1[C@H](C(=O)Nc2ccccc2F)[C@H]2C=C[C@H]1O2. The van der Waals surface area contributed by atoms with Crippen molar-refractivity contribution in [2.75, 3.05) is 5.32 Å². The fourth-order valence-electron chi connectivity index (χ4n) is 2.69. The lowest BCUT2D eigenvalue weighted by molar-refractivity contribution is -0.145. The molecule has 0 saturated carbocycles. The maximum atomic E-state index is 13.5. The third kappa shape index (κ3) is 1.98. The maximum Gasteiger partial charge on any atom is 0.310 e. The van der Waals surface area contributed by atoms with Crippen LogP contribution >= 0.6 is 0 Å². The monoisotopic (exact) mass is 277 g/mol. The Labute approximate surface area is 114 Å². The van der Waals surface area contributed by atoms with Crippen molar-refractivity contribution in [1.82, 2.24) is 0 Å². The van der Waals surface area contributed by atoms with Crippen molar-refractivity contribution < 1.29 is 23.8 Å². The van der Waals surface area contributed by atoms with Gasteiger partial charge in [-0.3, -0.25) is 9.59 Å². The summed E-state index contributed by atoms with van der Waals surface area (Å²) in [5.41, 5.74) is 0.0355. The zero-order valence-electron chi connectivity index (χ0n) is 10.3. The topological polar surface area (TPSA) is 75.6 Å². The zero-order valence-corrected chi connectivity index (χ0v) is 10.3. The fraction of sp³-hybridized carbons (Fsp3) is 0.286. The molecule has 1 saturated heterocycles. The highest BCUT2D eigenvalue weighted by Crippen LogP contribution is 2.39. The molecule has 2 bridgehead atoms. The Morgan fingerprint density at radius 1 is 1.15 bits per heavy atom. The van der Waals surface area contributed by atoms with E-state index in [-0.39, 0.29) is 5.69 Å². The molecule has 104 valence electrons. The summed E-state index contributed by atoms with van der Waals surface area (Å²) in [4.78, 5) is 23.5. The second-order valence-electron chi connectivity index (χ2n) is 4.81. The van der Waals surface area contributed by atoms with E-state index < -0.39 is 41.7 Å². The lowest BCUT2D eigenvalue weighted by Crippen LogP contribution is -2.39. The van der Waals surface area contributed by atoms with Gasteiger partial charge in [0, 0.05) is 0 Å². The Bertz CT molecular complexity index is 601. The van der Waals surface area contributed by atoms with Gasteiger partial charge in [0.1, 0.15) is 11.7 Å². The van der Waals surface area contributed by atoms with E-state index in [4.69, 9.17) is 4.74 Å². The van der Waals surface area contributed by atoms with Crippen LogP contribution in [0.25, 0.3) is 0 Å². The predicted octanol–water partition coefficient (Wildman–Crippen LogP) is 1.42. The molecule has 2 N–H and O–H groups in total. The van der Waals surface area contributed by atoms with Gasteiger partial charge >= 0.3 is 5.97 Å². The Morgan fingerprint density at radius 2 is 1.80 bits per heavy atom. The summed E-state index contributed by atoms with van der Waals surface area (Å²) in [6.07, 6.45) is 2.17. The van der Waals surface area contributed by atoms with Crippen molar-refractivity contribution in [1.29, 1.82) is 0 Å². The Morgan fingerprint density at radius 3 is 2.45 bits per heavy atom. The molecule has 6 heteroatoms. The van der Waals surface area contributed by atoms with Crippen LogP contribution in [0, 0.1) is 17.7 Å². The lowest BCUT2D eigenvalue weighted by atomic mass is 9.82. The molecule has 0 aliphatic carbocycles. The van der Waals surface area contributed by atoms with Gasteiger partial charge in [-0.2, -0.15) is 0 Å². The van der Waals surface area contributed by atoms with Crippen LogP contribution in [0.3, 0.4) is 0 Å². The number of nitrogens with one attached hydrogen (secondary N) is 1. The number of hydrogen-bond acceptors (Lipinski definition) is 3. The Kier molecular flexibility index (Phi) is 3.02. The van der Waals surface area contributed by atoms with Crippen molar-refractivity contribution >= 4 is 17.6 Å². The summed E-state index contributed by atoms with van der Waals surface area (Å²) in [5.74, 6) is -3.97. The number of hydrogen-bond donors (Lipinski definition) is 2. The van der Waals surface area contributed by atoms with Crippen molar-refractivity contribution in [2.45, 2.75) is 12.2 Å². The molecule has 2 aliphatic rings. The molecule has 2 aliphatic heterocycles. The minimum atomic E-state index is -1.09. The largest absolute Gasteiger partial charge is 0.481 e. The van der Waals surface area contributed by atoms with E-state index in [0.29, 0.717) is 0 Å². The number of rotatable bonds is 3. The number of carbonyl (C=O) groups is 2. The van der Waals surface area contributed by atoms with Gasteiger partial charge in [0.25, 0.3) is 0 Å². The van der Waals surface area contributed by atoms with E-state index >= 15 is 0 Å². The van der Waals surface area contributed by atoms with E-state index in [9.17, 15) is 19.1 Å². The first-order valence-corrected chi connectivity index (χ1v) is 6.20. The molecule has 1 amide bonds. The number of fused-ring (bicyclic) bond motifs is 2. The summed E-state index contributed by atoms with van der Waals surface area (Å²) in [6.45, 7) is 0. The molecular formula is C14H12FNO4. The van der Waals surface area contributed by atoms with Gasteiger partial charge in [-0.1, -0.05) is 24.3 Å². The fourth-order valence-corrected chi connectivity index (χ4v) is 2.69. The van der Waals surface area contributed by atoms with Gasteiger partial charge in [-0.25, -0.2) is 4.39 Å². The highest BCUT2D eigenvalue weighted by molar-refractivity contribution is 5.96. The predicted molar refractivity (Wildman–Crippen MR) is 67.4 cm³/mol. The van der Waals surface area contributed by atoms with Crippen LogP contribution in [0.4, 0.5) is 10.1 Å². The number of aliphatic carboxylic acids is 1. The van der Waals surface area contributed by atoms with E-state index in [0.717, 1.165) is 0 Å². The molecular weight excluding hydrogens is 265 g/mol. The molecule has 1 fully saturated rings. The smallest absolute Gasteiger partial charge is 0.310 e. The number of carbonyl (C=O) groups excluding carboxylic acids is 1. The number of amides is 1. The van der Waals surface area contributed by atoms with E-state index in [1.54, 1.807) is 18.2 Å². The summed E-state index contributed by atoms with van der Waals surface area (Å²) in [6, 6.07) is 5.74. The normalized spacial score (nSPS) is 30.4. The Hall–Kier alpha value is -2.21. The average molecular weight is 277 g/mol. The summed E-state index contributed by atoms with van der Waals surface area (Å²) in [7, 11) is 0. The maximum absolute atomic E-state index is 13.5. The highest BCUT2D eigenvalue weighted by atomic mass is 19.1. The highest BCUT2D eigenvalue weighted by Gasteiger charge is 2.53. The van der Waals surface area contributed by atoms with Crippen LogP contribution in [0.1, 0.15) is 0 Å². The molecule has 0 radical (unpaired) electrons. The number of halogens is 1. The number of ether oxygens (including phenoxy) is 1. The molecule has 0 aromatic heterocycles. The molecule has 4 atom stereocenters. The van der Waals surface area contributed by atoms with Crippen LogP contribution in [0.2, 0.25) is 0 Å². The van der Waals surface area contributed by atoms with Crippen molar-refractivity contribution in [2.24, 2.45) is 11.8 Å². The van der Waals surface area contributed by atoms with Crippen LogP contribution < -0.4 is 5.32 Å². The Balaban J connectivity index is 1.82. The van der Waals surface area contributed by atoms with Crippen molar-refractivity contribution in [3.05, 3.63) is 42.2 Å². The number of benzene rings is 1. The van der Waals surface area contributed by atoms with Crippen molar-refractivity contribution in [3.8, 4) is 0 Å². The first-order valence-electron chi connectivity index (χ1n) is 6.20. The lowest BCUT2D eigenvalue weighted by Gasteiger charge is -2.21. The number of carboxylic acids is 1. The quantitative estimate of drug-likeness (QED) is 0.819. The minimum Gasteiger partial charge on any atom is -0.481 e. The molecule has 2 heterocycles. The molecule has 0 unspecified atom stereocenters. The van der Waals surface area contributed by atoms with Crippen LogP contribution in [0.15, 0.2) is 36.4 Å². The first kappa shape index (κ1) is 12.8. The summed E-state index contributed by atoms with van der Waals surface area (Å²) in [5, 5.41) is 11.6. The number of carboxylic acid groups (broad SMARTS) is 1. The molecule has 1 aromatic carbocycles. The van der Waals surface area contributed by atoms with Crippen LogP contribution in [-0.4, -0.2) is 29.2 Å². The van der Waals surface area contributed by atoms with Gasteiger partial charge in [0.15, 0.2) is 0 Å². The van der Waals surface area contributed by atoms with Crippen molar-refractivity contribution in [3.63, 3.8) is 0 Å². The van der Waals surface area contributed by atoms with Gasteiger partial charge in [0.05, 0.1) is 23.8 Å². The minimum absolute atomic E-state index is 0.0355. The number of anilines is 1. The van der Waals surface area contributed by atoms with Gasteiger partial charge < -0.3 is 15.2 Å². The zero-order chi connectivity index (χ0) is 14.3. The second-order valence-corrected chi connectivity index (χ2v) is 4.81. The number of para-hydroxylation sites is 1. The molecule has 1 aromatic rings. The van der Waals surface area contributed by atoms with Gasteiger partial charge in [-0.15, -0.1) is 0 Å². The second kappa shape index (κ2) is 4.72. The summed E-state index contributed by atoms with van der Waals surface area (Å²) >= 11 is 0. The van der Waals surface area contributed by atoms with Gasteiger partial charge in [0.2, 0.25) is 5.91 Å². The standard InChI is InChI=1S/C14H12FNO4/c15-7-3-1-2-4-8(7)16-13(17)11-9-5-6-10(20-9)12(11)14(18)19/h1-6,9-12H,(H,16,17)(H,18,19)/t9-,10-,11-,12-/m1/s1. The average Bonchev–Trinajstić information content (AvgIpc) is 3.01. The third-order valence-corrected chi connectivity index (χ3v) is 3.62. The third-order valence-electron chi connectivity index (χ3n) is 3.62. The van der Waals surface area contributed by atoms with Gasteiger partial charge in [-0.05, 0) is 12.1 Å². The van der Waals surface area contributed by atoms with Crippen LogP contribution in [0.5, 0.6) is 0 Å². The molecule has 5 nitrogen and oxygen atoms in total. The van der Waals surface area contributed by atoms with Crippen LogP contribution in [-0.2, 0) is 14.3 Å². The first-order chi connectivity index (χ1) is 9.58. The molecule has 20 heavy (non-hydrogen) atoms. The van der Waals surface area contributed by atoms with E-state index in [1.807, 2.05) is 0 Å². The van der Waals surface area contributed by atoms with E-state index in [1.165, 1.54) is 18.2 Å².